The summed E-state index contributed by atoms with van der Waals surface area (Å²) in [6.45, 7) is 0. The topological polar surface area (TPSA) is 50.2 Å². The first-order valence-electron chi connectivity index (χ1n) is 4.00. The number of phenols is 1. The second-order valence-electron chi connectivity index (χ2n) is 2.71. The molecular weight excluding hydrogens is 198 g/mol. The molecule has 70 valence electrons. The van der Waals surface area contributed by atoms with Gasteiger partial charge in [0.15, 0.2) is 6.29 Å². The SMILES string of the molecule is O=Cc1csc(-c2ccccc2O)n1. The van der Waals surface area contributed by atoms with Gasteiger partial charge >= 0.3 is 0 Å². The third kappa shape index (κ3) is 1.52. The fraction of sp³-hybridized carbons (Fsp3) is 0. The number of benzene rings is 1. The predicted octanol–water partition coefficient (Wildman–Crippen LogP) is 2.33. The molecule has 1 aromatic carbocycles. The zero-order chi connectivity index (χ0) is 9.97. The maximum Gasteiger partial charge on any atom is 0.169 e. The number of carbonyl (C=O) groups excluding carboxylic acids is 1. The molecule has 0 spiro atoms. The van der Waals surface area contributed by atoms with Crippen molar-refractivity contribution in [1.29, 1.82) is 0 Å². The molecule has 3 nitrogen and oxygen atoms in total. The second-order valence-corrected chi connectivity index (χ2v) is 3.57. The number of hydrogen-bond acceptors (Lipinski definition) is 4. The van der Waals surface area contributed by atoms with Gasteiger partial charge < -0.3 is 5.11 Å². The Morgan fingerprint density at radius 3 is 2.79 bits per heavy atom. The molecule has 0 aliphatic rings. The molecule has 0 saturated heterocycles. The summed E-state index contributed by atoms with van der Waals surface area (Å²) in [7, 11) is 0. The molecule has 1 aromatic heterocycles. The van der Waals surface area contributed by atoms with Crippen LogP contribution in [0.2, 0.25) is 0 Å². The first kappa shape index (κ1) is 8.90. The first-order valence-corrected chi connectivity index (χ1v) is 4.88. The van der Waals surface area contributed by atoms with Gasteiger partial charge in [-0.15, -0.1) is 11.3 Å². The summed E-state index contributed by atoms with van der Waals surface area (Å²) in [6, 6.07) is 6.92. The fourth-order valence-electron chi connectivity index (χ4n) is 1.12. The molecule has 1 N–H and O–H groups in total. The maximum absolute atomic E-state index is 10.4. The zero-order valence-electron chi connectivity index (χ0n) is 7.18. The molecule has 4 heteroatoms. The first-order chi connectivity index (χ1) is 6.81. The lowest BCUT2D eigenvalue weighted by Gasteiger charge is -1.98. The Morgan fingerprint density at radius 2 is 2.14 bits per heavy atom. The summed E-state index contributed by atoms with van der Waals surface area (Å²) < 4.78 is 0. The van der Waals surface area contributed by atoms with Gasteiger partial charge in [-0.3, -0.25) is 4.79 Å². The molecule has 0 aliphatic heterocycles. The lowest BCUT2D eigenvalue weighted by Crippen LogP contribution is -1.80. The Balaban J connectivity index is 2.49. The van der Waals surface area contributed by atoms with Crippen LogP contribution in [0.15, 0.2) is 29.6 Å². The molecule has 0 amide bonds. The summed E-state index contributed by atoms with van der Waals surface area (Å²) in [4.78, 5) is 14.5. The summed E-state index contributed by atoms with van der Waals surface area (Å²) in [6.07, 6.45) is 0.694. The molecule has 0 radical (unpaired) electrons. The van der Waals surface area contributed by atoms with Crippen molar-refractivity contribution in [3.8, 4) is 16.3 Å². The number of aromatic hydroxyl groups is 1. The molecule has 2 aromatic rings. The van der Waals surface area contributed by atoms with Crippen molar-refractivity contribution in [3.05, 3.63) is 35.3 Å². The Bertz CT molecular complexity index is 465. The smallest absolute Gasteiger partial charge is 0.169 e. The van der Waals surface area contributed by atoms with Gasteiger partial charge in [0.2, 0.25) is 0 Å². The highest BCUT2D eigenvalue weighted by atomic mass is 32.1. The second kappa shape index (κ2) is 3.59. The number of phenolic OH excluding ortho intramolecular Hbond substituents is 1. The van der Waals surface area contributed by atoms with Gasteiger partial charge in [0.25, 0.3) is 0 Å². The van der Waals surface area contributed by atoms with Crippen molar-refractivity contribution in [1.82, 2.24) is 4.98 Å². The minimum atomic E-state index is 0.180. The Hall–Kier alpha value is -1.68. The summed E-state index contributed by atoms with van der Waals surface area (Å²) in [5, 5.41) is 11.8. The van der Waals surface area contributed by atoms with E-state index in [2.05, 4.69) is 4.98 Å². The van der Waals surface area contributed by atoms with Gasteiger partial charge in [-0.05, 0) is 12.1 Å². The number of rotatable bonds is 2. The van der Waals surface area contributed by atoms with Crippen molar-refractivity contribution in [2.45, 2.75) is 0 Å². The van der Waals surface area contributed by atoms with E-state index in [1.807, 2.05) is 6.07 Å². The van der Waals surface area contributed by atoms with Crippen LogP contribution in [-0.2, 0) is 0 Å². The zero-order valence-corrected chi connectivity index (χ0v) is 7.99. The van der Waals surface area contributed by atoms with E-state index in [9.17, 15) is 9.90 Å². The molecule has 0 atom stereocenters. The number of carbonyl (C=O) groups is 1. The fourth-order valence-corrected chi connectivity index (χ4v) is 1.92. The van der Waals surface area contributed by atoms with Crippen LogP contribution >= 0.6 is 11.3 Å². The van der Waals surface area contributed by atoms with Gasteiger partial charge in [-0.2, -0.15) is 0 Å². The van der Waals surface area contributed by atoms with E-state index in [-0.39, 0.29) is 5.75 Å². The van der Waals surface area contributed by atoms with Crippen molar-refractivity contribution in [2.24, 2.45) is 0 Å². The molecule has 0 aliphatic carbocycles. The van der Waals surface area contributed by atoms with E-state index in [0.717, 1.165) is 0 Å². The number of hydrogen-bond donors (Lipinski definition) is 1. The molecule has 0 unspecified atom stereocenters. The molecule has 0 bridgehead atoms. The Kier molecular flexibility index (Phi) is 2.28. The number of thiazole rings is 1. The van der Waals surface area contributed by atoms with E-state index in [4.69, 9.17) is 0 Å². The normalized spacial score (nSPS) is 10.0. The number of aldehydes is 1. The molecule has 0 fully saturated rings. The van der Waals surface area contributed by atoms with Crippen LogP contribution in [0.3, 0.4) is 0 Å². The third-order valence-electron chi connectivity index (χ3n) is 1.78. The van der Waals surface area contributed by atoms with Crippen molar-refractivity contribution < 1.29 is 9.90 Å². The summed E-state index contributed by atoms with van der Waals surface area (Å²) >= 11 is 1.34. The van der Waals surface area contributed by atoms with Gasteiger partial charge in [-0.1, -0.05) is 12.1 Å². The minimum Gasteiger partial charge on any atom is -0.507 e. The highest BCUT2D eigenvalue weighted by molar-refractivity contribution is 7.13. The van der Waals surface area contributed by atoms with E-state index >= 15 is 0 Å². The lowest BCUT2D eigenvalue weighted by atomic mass is 10.2. The standard InChI is InChI=1S/C10H7NO2S/c12-5-7-6-14-10(11-7)8-3-1-2-4-9(8)13/h1-6,13H. The number of aromatic nitrogens is 1. The minimum absolute atomic E-state index is 0.180. The Labute approximate surface area is 84.7 Å². The summed E-state index contributed by atoms with van der Waals surface area (Å²) in [5.74, 6) is 0.180. The average Bonchev–Trinajstić information content (AvgIpc) is 2.67. The van der Waals surface area contributed by atoms with E-state index < -0.39 is 0 Å². The van der Waals surface area contributed by atoms with Gasteiger partial charge in [0, 0.05) is 5.38 Å². The van der Waals surface area contributed by atoms with Crippen LogP contribution in [0, 0.1) is 0 Å². The van der Waals surface area contributed by atoms with Crippen LogP contribution in [0.5, 0.6) is 5.75 Å². The highest BCUT2D eigenvalue weighted by Crippen LogP contribution is 2.30. The van der Waals surface area contributed by atoms with Gasteiger partial charge in [0.1, 0.15) is 16.5 Å². The average molecular weight is 205 g/mol. The molecule has 0 saturated carbocycles. The number of para-hydroxylation sites is 1. The van der Waals surface area contributed by atoms with E-state index in [1.165, 1.54) is 11.3 Å². The predicted molar refractivity (Wildman–Crippen MR) is 54.6 cm³/mol. The van der Waals surface area contributed by atoms with Crippen molar-refractivity contribution in [3.63, 3.8) is 0 Å². The monoisotopic (exact) mass is 205 g/mol. The van der Waals surface area contributed by atoms with Crippen molar-refractivity contribution in [2.75, 3.05) is 0 Å². The van der Waals surface area contributed by atoms with Crippen LogP contribution in [-0.4, -0.2) is 16.4 Å². The largest absolute Gasteiger partial charge is 0.507 e. The van der Waals surface area contributed by atoms with Crippen LogP contribution < -0.4 is 0 Å². The Morgan fingerprint density at radius 1 is 1.36 bits per heavy atom. The molecule has 2 rings (SSSR count). The summed E-state index contributed by atoms with van der Waals surface area (Å²) in [5.41, 5.74) is 1.05. The quantitative estimate of drug-likeness (QED) is 0.765. The van der Waals surface area contributed by atoms with E-state index in [1.54, 1.807) is 23.6 Å². The van der Waals surface area contributed by atoms with Crippen LogP contribution in [0.1, 0.15) is 10.5 Å². The van der Waals surface area contributed by atoms with Crippen LogP contribution in [0.25, 0.3) is 10.6 Å². The van der Waals surface area contributed by atoms with E-state index in [0.29, 0.717) is 22.6 Å². The molecule has 14 heavy (non-hydrogen) atoms. The third-order valence-corrected chi connectivity index (χ3v) is 2.67. The highest BCUT2D eigenvalue weighted by Gasteiger charge is 2.07. The van der Waals surface area contributed by atoms with Crippen molar-refractivity contribution >= 4 is 17.6 Å². The van der Waals surface area contributed by atoms with Gasteiger partial charge in [-0.25, -0.2) is 4.98 Å². The molecule has 1 heterocycles. The maximum atomic E-state index is 10.4. The van der Waals surface area contributed by atoms with Gasteiger partial charge in [0.05, 0.1) is 5.56 Å². The lowest BCUT2D eigenvalue weighted by molar-refractivity contribution is 0.111. The number of nitrogens with zero attached hydrogens (tertiary/aromatic N) is 1. The molecular formula is C10H7NO2S. The van der Waals surface area contributed by atoms with Crippen LogP contribution in [0.4, 0.5) is 0 Å².